The largest absolute Gasteiger partial charge is 0.375 e. The molecule has 5 heteroatoms. The molecule has 0 spiro atoms. The van der Waals surface area contributed by atoms with Gasteiger partial charge in [0.25, 0.3) is 5.91 Å². The topological polar surface area (TPSA) is 58.8 Å². The van der Waals surface area contributed by atoms with Gasteiger partial charge >= 0.3 is 0 Å². The molecule has 2 N–H and O–H groups in total. The third kappa shape index (κ3) is 5.03. The Kier molecular flexibility index (Phi) is 7.02. The second-order valence-corrected chi connectivity index (χ2v) is 5.96. The van der Waals surface area contributed by atoms with Crippen molar-refractivity contribution >= 4 is 5.91 Å². The van der Waals surface area contributed by atoms with E-state index in [9.17, 15) is 4.79 Å². The molecule has 1 aliphatic heterocycles. The summed E-state index contributed by atoms with van der Waals surface area (Å²) in [7, 11) is 0. The van der Waals surface area contributed by atoms with E-state index in [4.69, 9.17) is 10.5 Å². The molecule has 0 radical (unpaired) electrons. The highest BCUT2D eigenvalue weighted by atomic mass is 16.5. The predicted octanol–water partition coefficient (Wildman–Crippen LogP) is 1.72. The fourth-order valence-corrected chi connectivity index (χ4v) is 2.90. The van der Waals surface area contributed by atoms with E-state index in [0.717, 1.165) is 50.3 Å². The highest BCUT2D eigenvalue weighted by molar-refractivity contribution is 5.94. The summed E-state index contributed by atoms with van der Waals surface area (Å²) >= 11 is 0. The lowest BCUT2D eigenvalue weighted by Crippen LogP contribution is -2.32. The molecule has 1 saturated heterocycles. The number of ether oxygens (including phenoxy) is 1. The van der Waals surface area contributed by atoms with Gasteiger partial charge in [0.15, 0.2) is 0 Å². The summed E-state index contributed by atoms with van der Waals surface area (Å²) in [6.45, 7) is 10.1. The van der Waals surface area contributed by atoms with Gasteiger partial charge in [0.2, 0.25) is 0 Å². The number of hydrogen-bond acceptors (Lipinski definition) is 4. The Balaban J connectivity index is 1.78. The van der Waals surface area contributed by atoms with Crippen LogP contribution in [0.1, 0.15) is 36.2 Å². The van der Waals surface area contributed by atoms with Crippen LogP contribution in [0.5, 0.6) is 0 Å². The second kappa shape index (κ2) is 9.01. The monoisotopic (exact) mass is 319 g/mol. The van der Waals surface area contributed by atoms with Gasteiger partial charge < -0.3 is 20.3 Å². The van der Waals surface area contributed by atoms with Crippen molar-refractivity contribution in [3.05, 3.63) is 35.4 Å². The zero-order chi connectivity index (χ0) is 16.7. The molecule has 0 aromatic heterocycles. The fraction of sp³-hybridized carbons (Fsp3) is 0.611. The minimum atomic E-state index is 0.0865. The van der Waals surface area contributed by atoms with E-state index in [2.05, 4.69) is 18.7 Å². The van der Waals surface area contributed by atoms with Crippen LogP contribution in [0.2, 0.25) is 0 Å². The average Bonchev–Trinajstić information content (AvgIpc) is 3.07. The third-order valence-corrected chi connectivity index (χ3v) is 4.52. The number of rotatable bonds is 8. The Bertz CT molecular complexity index is 486. The number of carbonyl (C=O) groups is 1. The number of benzene rings is 1. The highest BCUT2D eigenvalue weighted by Crippen LogP contribution is 2.16. The highest BCUT2D eigenvalue weighted by Gasteiger charge is 2.27. The smallest absolute Gasteiger partial charge is 0.253 e. The van der Waals surface area contributed by atoms with Crippen molar-refractivity contribution in [2.45, 2.75) is 32.9 Å². The molecule has 1 amide bonds. The molecule has 1 aliphatic rings. The third-order valence-electron chi connectivity index (χ3n) is 4.52. The first kappa shape index (κ1) is 17.9. The maximum absolute atomic E-state index is 12.5. The molecule has 23 heavy (non-hydrogen) atoms. The zero-order valence-electron chi connectivity index (χ0n) is 14.3. The minimum Gasteiger partial charge on any atom is -0.375 e. The molecular formula is C18H29N3O2. The summed E-state index contributed by atoms with van der Waals surface area (Å²) in [6.07, 6.45) is 1.09. The SMILES string of the molecule is CCN(CC)CCOC1CCN(C(=O)c2ccc(CN)cc2)C1. The Hall–Kier alpha value is -1.43. The second-order valence-electron chi connectivity index (χ2n) is 5.96. The molecule has 1 aromatic carbocycles. The molecule has 0 saturated carbocycles. The quantitative estimate of drug-likeness (QED) is 0.792. The van der Waals surface area contributed by atoms with Crippen LogP contribution >= 0.6 is 0 Å². The molecule has 128 valence electrons. The van der Waals surface area contributed by atoms with Gasteiger partial charge in [-0.15, -0.1) is 0 Å². The average molecular weight is 319 g/mol. The van der Waals surface area contributed by atoms with E-state index in [-0.39, 0.29) is 12.0 Å². The summed E-state index contributed by atoms with van der Waals surface area (Å²) < 4.78 is 5.94. The van der Waals surface area contributed by atoms with Crippen LogP contribution in [0.15, 0.2) is 24.3 Å². The van der Waals surface area contributed by atoms with Crippen molar-refractivity contribution in [2.75, 3.05) is 39.3 Å². The summed E-state index contributed by atoms with van der Waals surface area (Å²) in [4.78, 5) is 16.7. The first-order chi connectivity index (χ1) is 11.2. The number of nitrogens with zero attached hydrogens (tertiary/aromatic N) is 2. The lowest BCUT2D eigenvalue weighted by atomic mass is 10.1. The van der Waals surface area contributed by atoms with Crippen LogP contribution in [-0.4, -0.2) is 61.1 Å². The number of amides is 1. The van der Waals surface area contributed by atoms with Gasteiger partial charge in [-0.05, 0) is 37.2 Å². The molecule has 0 bridgehead atoms. The van der Waals surface area contributed by atoms with E-state index in [1.54, 1.807) is 0 Å². The number of likely N-dealkylation sites (N-methyl/N-ethyl adjacent to an activating group) is 1. The van der Waals surface area contributed by atoms with Crippen molar-refractivity contribution in [3.63, 3.8) is 0 Å². The molecule has 1 unspecified atom stereocenters. The van der Waals surface area contributed by atoms with Crippen LogP contribution in [0.3, 0.4) is 0 Å². The van der Waals surface area contributed by atoms with E-state index in [0.29, 0.717) is 13.1 Å². The molecule has 1 atom stereocenters. The van der Waals surface area contributed by atoms with Crippen molar-refractivity contribution in [3.8, 4) is 0 Å². The van der Waals surface area contributed by atoms with E-state index >= 15 is 0 Å². The van der Waals surface area contributed by atoms with Crippen LogP contribution in [0.25, 0.3) is 0 Å². The molecule has 1 heterocycles. The summed E-state index contributed by atoms with van der Waals surface area (Å²) in [6, 6.07) is 7.56. The Morgan fingerprint density at radius 3 is 2.61 bits per heavy atom. The molecule has 0 aliphatic carbocycles. The number of hydrogen-bond donors (Lipinski definition) is 1. The van der Waals surface area contributed by atoms with Crippen molar-refractivity contribution in [1.29, 1.82) is 0 Å². The fourth-order valence-electron chi connectivity index (χ4n) is 2.90. The van der Waals surface area contributed by atoms with E-state index in [1.807, 2.05) is 29.2 Å². The zero-order valence-corrected chi connectivity index (χ0v) is 14.3. The van der Waals surface area contributed by atoms with Crippen molar-refractivity contribution in [2.24, 2.45) is 5.73 Å². The van der Waals surface area contributed by atoms with E-state index in [1.165, 1.54) is 0 Å². The maximum atomic E-state index is 12.5. The molecule has 1 fully saturated rings. The maximum Gasteiger partial charge on any atom is 0.253 e. The van der Waals surface area contributed by atoms with Gasteiger partial charge in [0.05, 0.1) is 12.7 Å². The number of likely N-dealkylation sites (tertiary alicyclic amines) is 1. The van der Waals surface area contributed by atoms with Crippen molar-refractivity contribution in [1.82, 2.24) is 9.80 Å². The Morgan fingerprint density at radius 1 is 1.30 bits per heavy atom. The normalized spacial score (nSPS) is 17.9. The molecular weight excluding hydrogens is 290 g/mol. The van der Waals surface area contributed by atoms with Gasteiger partial charge in [-0.3, -0.25) is 4.79 Å². The van der Waals surface area contributed by atoms with Crippen LogP contribution in [0, 0.1) is 0 Å². The number of carbonyl (C=O) groups excluding carboxylic acids is 1. The first-order valence-electron chi connectivity index (χ1n) is 8.60. The summed E-state index contributed by atoms with van der Waals surface area (Å²) in [5, 5.41) is 0. The number of nitrogens with two attached hydrogens (primary N) is 1. The standard InChI is InChI=1S/C18H29N3O2/c1-3-20(4-2)11-12-23-17-9-10-21(14-17)18(22)16-7-5-15(13-19)6-8-16/h5-8,17H,3-4,9-14,19H2,1-2H3. The van der Waals surface area contributed by atoms with Crippen LogP contribution < -0.4 is 5.73 Å². The minimum absolute atomic E-state index is 0.0865. The van der Waals surface area contributed by atoms with Crippen LogP contribution in [-0.2, 0) is 11.3 Å². The van der Waals surface area contributed by atoms with Gasteiger partial charge in [0, 0.05) is 31.7 Å². The lowest BCUT2D eigenvalue weighted by molar-refractivity contribution is 0.0420. The van der Waals surface area contributed by atoms with Gasteiger partial charge in [0.1, 0.15) is 0 Å². The molecule has 2 rings (SSSR count). The Labute approximate surface area is 139 Å². The van der Waals surface area contributed by atoms with Crippen molar-refractivity contribution < 1.29 is 9.53 Å². The van der Waals surface area contributed by atoms with Gasteiger partial charge in [-0.1, -0.05) is 26.0 Å². The molecule has 1 aromatic rings. The molecule has 5 nitrogen and oxygen atoms in total. The lowest BCUT2D eigenvalue weighted by Gasteiger charge is -2.20. The van der Waals surface area contributed by atoms with E-state index < -0.39 is 0 Å². The van der Waals surface area contributed by atoms with Gasteiger partial charge in [-0.25, -0.2) is 0 Å². The summed E-state index contributed by atoms with van der Waals surface area (Å²) in [5.41, 5.74) is 7.36. The van der Waals surface area contributed by atoms with Crippen LogP contribution in [0.4, 0.5) is 0 Å². The summed E-state index contributed by atoms with van der Waals surface area (Å²) in [5.74, 6) is 0.0865. The predicted molar refractivity (Wildman–Crippen MR) is 92.4 cm³/mol. The first-order valence-corrected chi connectivity index (χ1v) is 8.60. The van der Waals surface area contributed by atoms with Gasteiger partial charge in [-0.2, -0.15) is 0 Å². The Morgan fingerprint density at radius 2 is 2.00 bits per heavy atom.